The summed E-state index contributed by atoms with van der Waals surface area (Å²) in [5, 5.41) is 4.30. The van der Waals surface area contributed by atoms with Crippen LogP contribution in [0.15, 0.2) is 9.98 Å². The molecule has 0 spiro atoms. The molecule has 1 aromatic rings. The lowest BCUT2D eigenvalue weighted by molar-refractivity contribution is 0.474. The van der Waals surface area contributed by atoms with Crippen LogP contribution in [-0.4, -0.2) is 28.6 Å². The van der Waals surface area contributed by atoms with Crippen LogP contribution in [0.2, 0.25) is 0 Å². The Hall–Kier alpha value is -1.65. The number of hydrogen-bond donors (Lipinski definition) is 0. The van der Waals surface area contributed by atoms with Crippen molar-refractivity contribution in [3.05, 3.63) is 11.3 Å². The van der Waals surface area contributed by atoms with Gasteiger partial charge >= 0.3 is 6.02 Å². The molecule has 5 nitrogen and oxygen atoms in total. The quantitative estimate of drug-likeness (QED) is 0.598. The number of ether oxygens (including phenoxy) is 1. The second kappa shape index (κ2) is 5.80. The Morgan fingerprint density at radius 3 is 2.33 bits per heavy atom. The van der Waals surface area contributed by atoms with Crippen molar-refractivity contribution >= 4 is 11.7 Å². The van der Waals surface area contributed by atoms with Crippen molar-refractivity contribution in [2.75, 3.05) is 7.05 Å². The first-order chi connectivity index (χ1) is 8.36. The van der Waals surface area contributed by atoms with Gasteiger partial charge in [-0.25, -0.2) is 14.7 Å². The van der Waals surface area contributed by atoms with Gasteiger partial charge in [0, 0.05) is 25.4 Å². The molecule has 0 bridgehead atoms. The summed E-state index contributed by atoms with van der Waals surface area (Å²) in [6.07, 6.45) is 0. The maximum absolute atomic E-state index is 5.73. The maximum atomic E-state index is 5.73. The fourth-order valence-electron chi connectivity index (χ4n) is 1.37. The summed E-state index contributed by atoms with van der Waals surface area (Å²) in [5.74, 6) is 1.06. The fourth-order valence-corrected chi connectivity index (χ4v) is 1.37. The van der Waals surface area contributed by atoms with Crippen molar-refractivity contribution in [2.45, 2.75) is 34.6 Å². The third kappa shape index (κ3) is 3.18. The second-order valence-corrected chi connectivity index (χ2v) is 4.66. The van der Waals surface area contributed by atoms with Crippen LogP contribution in [0.3, 0.4) is 0 Å². The van der Waals surface area contributed by atoms with Gasteiger partial charge in [-0.3, -0.25) is 0 Å². The van der Waals surface area contributed by atoms with Gasteiger partial charge in [-0.2, -0.15) is 5.10 Å². The lowest BCUT2D eigenvalue weighted by Crippen LogP contribution is -2.13. The topological polar surface area (TPSA) is 51.8 Å². The van der Waals surface area contributed by atoms with E-state index in [1.165, 1.54) is 0 Å². The van der Waals surface area contributed by atoms with Crippen LogP contribution in [0, 0.1) is 19.8 Å². The molecule has 0 aliphatic carbocycles. The predicted molar refractivity (Wildman–Crippen MR) is 74.6 cm³/mol. The molecular weight excluding hydrogens is 228 g/mol. The van der Waals surface area contributed by atoms with Crippen LogP contribution in [0.4, 0.5) is 0 Å². The molecule has 0 saturated carbocycles. The van der Waals surface area contributed by atoms with Crippen molar-refractivity contribution in [2.24, 2.45) is 23.0 Å². The Labute approximate surface area is 109 Å². The zero-order chi connectivity index (χ0) is 13.9. The standard InChI is InChI=1S/C13H22N4O/c1-8(2)10(4)15-13(14-6)18-12-9(3)11(5)16-17(12)7/h8H,1-7H3/b14-13?,15-10+. The zero-order valence-electron chi connectivity index (χ0n) is 12.3. The molecule has 0 radical (unpaired) electrons. The van der Waals surface area contributed by atoms with Crippen LogP contribution in [-0.2, 0) is 7.05 Å². The van der Waals surface area contributed by atoms with Crippen LogP contribution >= 0.6 is 0 Å². The summed E-state index contributed by atoms with van der Waals surface area (Å²) in [4.78, 5) is 8.45. The molecule has 0 atom stereocenters. The van der Waals surface area contributed by atoms with Crippen molar-refractivity contribution in [1.82, 2.24) is 9.78 Å². The number of nitrogens with zero attached hydrogens (tertiary/aromatic N) is 4. The highest BCUT2D eigenvalue weighted by molar-refractivity contribution is 5.95. The average Bonchev–Trinajstić information content (AvgIpc) is 2.54. The minimum atomic E-state index is 0.368. The van der Waals surface area contributed by atoms with Crippen molar-refractivity contribution in [3.8, 4) is 5.88 Å². The molecule has 0 saturated heterocycles. The molecule has 0 aliphatic rings. The molecule has 0 unspecified atom stereocenters. The van der Waals surface area contributed by atoms with E-state index >= 15 is 0 Å². The van der Waals surface area contributed by atoms with Gasteiger partial charge in [0.25, 0.3) is 0 Å². The third-order valence-corrected chi connectivity index (χ3v) is 2.94. The summed E-state index contributed by atoms with van der Waals surface area (Å²) in [7, 11) is 3.52. The van der Waals surface area contributed by atoms with Crippen molar-refractivity contribution in [3.63, 3.8) is 0 Å². The van der Waals surface area contributed by atoms with Crippen molar-refractivity contribution in [1.29, 1.82) is 0 Å². The van der Waals surface area contributed by atoms with Gasteiger partial charge in [0.2, 0.25) is 5.88 Å². The normalized spacial score (nSPS) is 13.3. The van der Waals surface area contributed by atoms with Gasteiger partial charge < -0.3 is 4.74 Å². The van der Waals surface area contributed by atoms with Crippen LogP contribution in [0.1, 0.15) is 32.0 Å². The highest BCUT2D eigenvalue weighted by Crippen LogP contribution is 2.20. The van der Waals surface area contributed by atoms with E-state index in [4.69, 9.17) is 4.74 Å². The highest BCUT2D eigenvalue weighted by atomic mass is 16.5. The monoisotopic (exact) mass is 250 g/mol. The third-order valence-electron chi connectivity index (χ3n) is 2.94. The smallest absolute Gasteiger partial charge is 0.318 e. The van der Waals surface area contributed by atoms with Crippen molar-refractivity contribution < 1.29 is 4.74 Å². The highest BCUT2D eigenvalue weighted by Gasteiger charge is 2.13. The average molecular weight is 250 g/mol. The van der Waals surface area contributed by atoms with Crippen LogP contribution in [0.25, 0.3) is 0 Å². The van der Waals surface area contributed by atoms with E-state index in [0.29, 0.717) is 17.8 Å². The first kappa shape index (κ1) is 14.4. The molecule has 0 amide bonds. The second-order valence-electron chi connectivity index (χ2n) is 4.66. The molecule has 5 heteroatoms. The summed E-state index contributed by atoms with van der Waals surface area (Å²) < 4.78 is 7.43. The molecule has 100 valence electrons. The summed E-state index contributed by atoms with van der Waals surface area (Å²) in [5.41, 5.74) is 2.95. The molecule has 1 rings (SSSR count). The lowest BCUT2D eigenvalue weighted by Gasteiger charge is -2.08. The minimum Gasteiger partial charge on any atom is -0.405 e. The van der Waals surface area contributed by atoms with E-state index in [1.807, 2.05) is 27.8 Å². The van der Waals surface area contributed by atoms with E-state index in [-0.39, 0.29) is 0 Å². The maximum Gasteiger partial charge on any atom is 0.318 e. The first-order valence-electron chi connectivity index (χ1n) is 6.06. The molecule has 1 aromatic heterocycles. The summed E-state index contributed by atoms with van der Waals surface area (Å²) >= 11 is 0. The van der Waals surface area contributed by atoms with E-state index in [1.54, 1.807) is 11.7 Å². The molecule has 0 aromatic carbocycles. The SMILES string of the molecule is CN=C(/N=C(\C)C(C)C)Oc1c(C)c(C)nn1C. The Bertz CT molecular complexity index is 483. The van der Waals surface area contributed by atoms with Gasteiger partial charge in [0.15, 0.2) is 0 Å². The fraction of sp³-hybridized carbons (Fsp3) is 0.615. The Morgan fingerprint density at radius 1 is 1.33 bits per heavy atom. The van der Waals surface area contributed by atoms with E-state index < -0.39 is 0 Å². The van der Waals surface area contributed by atoms with Crippen LogP contribution < -0.4 is 4.74 Å². The molecule has 0 fully saturated rings. The first-order valence-corrected chi connectivity index (χ1v) is 6.06. The minimum absolute atomic E-state index is 0.368. The van der Waals surface area contributed by atoms with Gasteiger partial charge in [-0.1, -0.05) is 13.8 Å². The molecule has 1 heterocycles. The van der Waals surface area contributed by atoms with Gasteiger partial charge in [0.05, 0.1) is 5.69 Å². The number of hydrogen-bond acceptors (Lipinski definition) is 3. The number of amidine groups is 1. The largest absolute Gasteiger partial charge is 0.405 e. The molecule has 18 heavy (non-hydrogen) atoms. The summed E-state index contributed by atoms with van der Waals surface area (Å²) in [6, 6.07) is 0.368. The molecule has 0 aliphatic heterocycles. The molecule has 0 N–H and O–H groups in total. The van der Waals surface area contributed by atoms with E-state index in [9.17, 15) is 0 Å². The lowest BCUT2D eigenvalue weighted by atomic mass is 10.1. The van der Waals surface area contributed by atoms with Gasteiger partial charge in [-0.15, -0.1) is 0 Å². The zero-order valence-corrected chi connectivity index (χ0v) is 12.3. The molecular formula is C13H22N4O. The number of aliphatic imine (C=N–C) groups is 2. The Kier molecular flexibility index (Phi) is 4.64. The van der Waals surface area contributed by atoms with E-state index in [0.717, 1.165) is 17.0 Å². The number of rotatable bonds is 2. The van der Waals surface area contributed by atoms with Gasteiger partial charge in [0.1, 0.15) is 0 Å². The Morgan fingerprint density at radius 2 is 1.94 bits per heavy atom. The predicted octanol–water partition coefficient (Wildman–Crippen LogP) is 2.52. The van der Waals surface area contributed by atoms with E-state index in [2.05, 4.69) is 28.9 Å². The van der Waals surface area contributed by atoms with Gasteiger partial charge in [-0.05, 0) is 26.7 Å². The number of aryl methyl sites for hydroxylation is 2. The summed E-state index contributed by atoms with van der Waals surface area (Å²) in [6.45, 7) is 10.1. The number of aromatic nitrogens is 2. The van der Waals surface area contributed by atoms with Crippen LogP contribution in [0.5, 0.6) is 5.88 Å². The Balaban J connectivity index is 2.98.